The van der Waals surface area contributed by atoms with Crippen LogP contribution in [0.4, 0.5) is 0 Å². The zero-order chi connectivity index (χ0) is 14.4. The summed E-state index contributed by atoms with van der Waals surface area (Å²) in [6.45, 7) is 5.26. The molecule has 0 aliphatic heterocycles. The molecule has 1 N–H and O–H groups in total. The second-order valence-electron chi connectivity index (χ2n) is 5.09. The van der Waals surface area contributed by atoms with Crippen molar-refractivity contribution < 1.29 is 0 Å². The van der Waals surface area contributed by atoms with Crippen molar-refractivity contribution in [2.75, 3.05) is 7.05 Å². The number of hydrogen-bond acceptors (Lipinski definition) is 2. The molecule has 1 atom stereocenters. The molecule has 0 saturated heterocycles. The molecule has 0 aliphatic carbocycles. The predicted molar refractivity (Wildman–Crippen MR) is 83.8 cm³/mol. The van der Waals surface area contributed by atoms with E-state index < -0.39 is 0 Å². The molecular weight excluding hydrogens is 246 g/mol. The Bertz CT molecular complexity index is 516. The summed E-state index contributed by atoms with van der Waals surface area (Å²) in [5.74, 6) is 0. The van der Waals surface area contributed by atoms with E-state index in [-0.39, 0.29) is 0 Å². The van der Waals surface area contributed by atoms with Crippen LogP contribution >= 0.6 is 0 Å². The summed E-state index contributed by atoms with van der Waals surface area (Å²) in [5, 5.41) is 8.04. The van der Waals surface area contributed by atoms with Crippen LogP contribution in [0.25, 0.3) is 0 Å². The topological polar surface area (TPSA) is 29.9 Å². The Kier molecular flexibility index (Phi) is 5.36. The maximum Gasteiger partial charge on any atom is 0.0624 e. The zero-order valence-corrected chi connectivity index (χ0v) is 12.8. The zero-order valence-electron chi connectivity index (χ0n) is 12.8. The SMILES string of the molecule is CCc1cc(CCC(NC)c2ccccc2)n(CC)n1. The highest BCUT2D eigenvalue weighted by molar-refractivity contribution is 5.19. The Morgan fingerprint density at radius 1 is 1.20 bits per heavy atom. The number of aromatic nitrogens is 2. The van der Waals surface area contributed by atoms with Crippen molar-refractivity contribution in [1.82, 2.24) is 15.1 Å². The highest BCUT2D eigenvalue weighted by Crippen LogP contribution is 2.19. The lowest BCUT2D eigenvalue weighted by molar-refractivity contribution is 0.525. The Morgan fingerprint density at radius 2 is 1.95 bits per heavy atom. The minimum atomic E-state index is 0.404. The molecule has 1 aromatic carbocycles. The second kappa shape index (κ2) is 7.25. The number of nitrogens with one attached hydrogen (secondary N) is 1. The summed E-state index contributed by atoms with van der Waals surface area (Å²) in [6, 6.07) is 13.3. The standard InChI is InChI=1S/C17H25N3/c1-4-15-13-16(20(5-2)19-15)11-12-17(18-3)14-9-7-6-8-10-14/h6-10,13,17-18H,4-5,11-12H2,1-3H3. The minimum absolute atomic E-state index is 0.404. The van der Waals surface area contributed by atoms with E-state index in [2.05, 4.69) is 65.3 Å². The molecule has 0 bridgehead atoms. The fourth-order valence-corrected chi connectivity index (χ4v) is 2.62. The lowest BCUT2D eigenvalue weighted by Crippen LogP contribution is -2.17. The van der Waals surface area contributed by atoms with Crippen LogP contribution < -0.4 is 5.32 Å². The van der Waals surface area contributed by atoms with Crippen molar-refractivity contribution in [3.8, 4) is 0 Å². The van der Waals surface area contributed by atoms with Gasteiger partial charge < -0.3 is 5.32 Å². The Morgan fingerprint density at radius 3 is 2.55 bits per heavy atom. The van der Waals surface area contributed by atoms with Gasteiger partial charge >= 0.3 is 0 Å². The molecule has 0 aliphatic rings. The lowest BCUT2D eigenvalue weighted by Gasteiger charge is -2.16. The summed E-state index contributed by atoms with van der Waals surface area (Å²) in [4.78, 5) is 0. The molecule has 0 spiro atoms. The van der Waals surface area contributed by atoms with Crippen LogP contribution in [-0.2, 0) is 19.4 Å². The Balaban J connectivity index is 2.05. The van der Waals surface area contributed by atoms with Crippen LogP contribution in [-0.4, -0.2) is 16.8 Å². The van der Waals surface area contributed by atoms with Gasteiger partial charge in [-0.15, -0.1) is 0 Å². The van der Waals surface area contributed by atoms with Crippen molar-refractivity contribution in [1.29, 1.82) is 0 Å². The smallest absolute Gasteiger partial charge is 0.0624 e. The third-order valence-corrected chi connectivity index (χ3v) is 3.82. The molecule has 3 heteroatoms. The summed E-state index contributed by atoms with van der Waals surface area (Å²) in [6.07, 6.45) is 3.16. The summed E-state index contributed by atoms with van der Waals surface area (Å²) >= 11 is 0. The van der Waals surface area contributed by atoms with Crippen molar-refractivity contribution in [2.45, 2.75) is 45.7 Å². The monoisotopic (exact) mass is 271 g/mol. The number of rotatable bonds is 7. The predicted octanol–water partition coefficient (Wildman–Crippen LogP) is 3.36. The van der Waals surface area contributed by atoms with Gasteiger partial charge in [-0.3, -0.25) is 4.68 Å². The van der Waals surface area contributed by atoms with Gasteiger partial charge in [-0.25, -0.2) is 0 Å². The van der Waals surface area contributed by atoms with Crippen molar-refractivity contribution >= 4 is 0 Å². The molecular formula is C17H25N3. The van der Waals surface area contributed by atoms with Crippen molar-refractivity contribution in [2.24, 2.45) is 0 Å². The molecule has 3 nitrogen and oxygen atoms in total. The normalized spacial score (nSPS) is 12.6. The van der Waals surface area contributed by atoms with Crippen LogP contribution in [0.1, 0.15) is 43.3 Å². The maximum absolute atomic E-state index is 4.62. The average Bonchev–Trinajstić information content (AvgIpc) is 2.91. The largest absolute Gasteiger partial charge is 0.313 e. The maximum atomic E-state index is 4.62. The molecule has 20 heavy (non-hydrogen) atoms. The van der Waals surface area contributed by atoms with E-state index in [0.29, 0.717) is 6.04 Å². The van der Waals surface area contributed by atoms with E-state index >= 15 is 0 Å². The second-order valence-corrected chi connectivity index (χ2v) is 5.09. The van der Waals surface area contributed by atoms with Gasteiger partial charge in [-0.1, -0.05) is 37.3 Å². The van der Waals surface area contributed by atoms with Gasteiger partial charge in [0.25, 0.3) is 0 Å². The highest BCUT2D eigenvalue weighted by Gasteiger charge is 2.11. The van der Waals surface area contributed by atoms with Crippen LogP contribution in [0.5, 0.6) is 0 Å². The first-order chi connectivity index (χ1) is 9.78. The first-order valence-corrected chi connectivity index (χ1v) is 7.56. The third kappa shape index (κ3) is 3.48. The average molecular weight is 271 g/mol. The molecule has 2 rings (SSSR count). The molecule has 0 radical (unpaired) electrons. The molecule has 0 saturated carbocycles. The number of nitrogens with zero attached hydrogens (tertiary/aromatic N) is 2. The van der Waals surface area contributed by atoms with E-state index in [1.54, 1.807) is 0 Å². The third-order valence-electron chi connectivity index (χ3n) is 3.82. The minimum Gasteiger partial charge on any atom is -0.313 e. The van der Waals surface area contributed by atoms with Gasteiger partial charge in [0.15, 0.2) is 0 Å². The fraction of sp³-hybridized carbons (Fsp3) is 0.471. The number of aryl methyl sites for hydroxylation is 3. The highest BCUT2D eigenvalue weighted by atomic mass is 15.3. The van der Waals surface area contributed by atoms with E-state index in [9.17, 15) is 0 Å². The Hall–Kier alpha value is -1.61. The van der Waals surface area contributed by atoms with E-state index in [0.717, 1.165) is 25.8 Å². The molecule has 0 amide bonds. The van der Waals surface area contributed by atoms with Crippen LogP contribution in [0, 0.1) is 0 Å². The van der Waals surface area contributed by atoms with E-state index in [1.165, 1.54) is 17.0 Å². The first-order valence-electron chi connectivity index (χ1n) is 7.56. The van der Waals surface area contributed by atoms with Crippen LogP contribution in [0.3, 0.4) is 0 Å². The Labute approximate surface area is 122 Å². The number of benzene rings is 1. The summed E-state index contributed by atoms with van der Waals surface area (Å²) in [7, 11) is 2.03. The van der Waals surface area contributed by atoms with Crippen LogP contribution in [0.15, 0.2) is 36.4 Å². The summed E-state index contributed by atoms with van der Waals surface area (Å²) in [5.41, 5.74) is 3.90. The van der Waals surface area contributed by atoms with Gasteiger partial charge in [0.05, 0.1) is 5.69 Å². The van der Waals surface area contributed by atoms with Gasteiger partial charge in [-0.2, -0.15) is 5.10 Å². The molecule has 0 fully saturated rings. The van der Waals surface area contributed by atoms with E-state index in [1.807, 2.05) is 7.05 Å². The number of hydrogen-bond donors (Lipinski definition) is 1. The van der Waals surface area contributed by atoms with Crippen molar-refractivity contribution in [3.63, 3.8) is 0 Å². The molecule has 1 unspecified atom stereocenters. The van der Waals surface area contributed by atoms with Gasteiger partial charge in [-0.05, 0) is 44.9 Å². The van der Waals surface area contributed by atoms with Gasteiger partial charge in [0, 0.05) is 18.3 Å². The molecule has 1 aromatic heterocycles. The molecule has 2 aromatic rings. The quantitative estimate of drug-likeness (QED) is 0.837. The van der Waals surface area contributed by atoms with Crippen molar-refractivity contribution in [3.05, 3.63) is 53.3 Å². The van der Waals surface area contributed by atoms with E-state index in [4.69, 9.17) is 0 Å². The van der Waals surface area contributed by atoms with Gasteiger partial charge in [0.1, 0.15) is 0 Å². The first kappa shape index (κ1) is 14.8. The van der Waals surface area contributed by atoms with Gasteiger partial charge in [0.2, 0.25) is 0 Å². The molecule has 108 valence electrons. The van der Waals surface area contributed by atoms with Crippen LogP contribution in [0.2, 0.25) is 0 Å². The summed E-state index contributed by atoms with van der Waals surface area (Å²) < 4.78 is 2.14. The lowest BCUT2D eigenvalue weighted by atomic mass is 10.0. The molecule has 1 heterocycles. The fourth-order valence-electron chi connectivity index (χ4n) is 2.62.